The van der Waals surface area contributed by atoms with E-state index in [9.17, 15) is 4.79 Å². The molecule has 7 heteroatoms. The van der Waals surface area contributed by atoms with Crippen LogP contribution < -0.4 is 0 Å². The van der Waals surface area contributed by atoms with Crippen molar-refractivity contribution in [3.63, 3.8) is 0 Å². The highest BCUT2D eigenvalue weighted by Crippen LogP contribution is 2.30. The average Bonchev–Trinajstić information content (AvgIpc) is 3.29. The standard InChI is InChI=1S/C18H23N5O2/c24-18-23(10-11-25-18)9-8-22-7-6-19-17(22)15-12-20-16(21-13-15)14-4-2-1-3-5-14/h6-7,12-14H,1-5,8-11H2. The van der Waals surface area contributed by atoms with E-state index in [4.69, 9.17) is 4.74 Å². The first-order valence-electron chi connectivity index (χ1n) is 9.06. The van der Waals surface area contributed by atoms with Crippen molar-refractivity contribution in [3.05, 3.63) is 30.6 Å². The molecule has 7 nitrogen and oxygen atoms in total. The van der Waals surface area contributed by atoms with Crippen LogP contribution in [0.15, 0.2) is 24.8 Å². The first-order chi connectivity index (χ1) is 12.3. The highest BCUT2D eigenvalue weighted by atomic mass is 16.6. The Hall–Kier alpha value is -2.44. The lowest BCUT2D eigenvalue weighted by Crippen LogP contribution is -2.28. The minimum atomic E-state index is -0.234. The second-order valence-corrected chi connectivity index (χ2v) is 6.71. The number of nitrogens with zero attached hydrogens (tertiary/aromatic N) is 5. The van der Waals surface area contributed by atoms with E-state index in [1.165, 1.54) is 32.1 Å². The Morgan fingerprint density at radius 1 is 1.08 bits per heavy atom. The number of aromatic nitrogens is 4. The minimum Gasteiger partial charge on any atom is -0.448 e. The van der Waals surface area contributed by atoms with Gasteiger partial charge in [0.25, 0.3) is 0 Å². The van der Waals surface area contributed by atoms with Gasteiger partial charge in [0.15, 0.2) is 0 Å². The molecule has 1 saturated heterocycles. The maximum Gasteiger partial charge on any atom is 0.410 e. The van der Waals surface area contributed by atoms with Crippen LogP contribution in [0.25, 0.3) is 11.4 Å². The maximum atomic E-state index is 11.5. The fourth-order valence-corrected chi connectivity index (χ4v) is 3.63. The monoisotopic (exact) mass is 341 g/mol. The molecule has 2 aliphatic rings. The summed E-state index contributed by atoms with van der Waals surface area (Å²) in [5.74, 6) is 2.30. The Kier molecular flexibility index (Phi) is 4.63. The Balaban J connectivity index is 1.45. The van der Waals surface area contributed by atoms with Gasteiger partial charge in [0.2, 0.25) is 0 Å². The molecule has 0 aromatic carbocycles. The number of hydrogen-bond acceptors (Lipinski definition) is 5. The maximum absolute atomic E-state index is 11.5. The molecule has 0 bridgehead atoms. The van der Waals surface area contributed by atoms with E-state index in [2.05, 4.69) is 15.0 Å². The number of carbonyl (C=O) groups is 1. The summed E-state index contributed by atoms with van der Waals surface area (Å²) in [4.78, 5) is 26.9. The molecule has 2 aromatic heterocycles. The lowest BCUT2D eigenvalue weighted by molar-refractivity contribution is 0.157. The minimum absolute atomic E-state index is 0.234. The first kappa shape index (κ1) is 16.1. The van der Waals surface area contributed by atoms with Gasteiger partial charge in [0, 0.05) is 43.8 Å². The molecule has 1 aliphatic carbocycles. The zero-order valence-electron chi connectivity index (χ0n) is 14.3. The lowest BCUT2D eigenvalue weighted by atomic mass is 9.89. The van der Waals surface area contributed by atoms with Gasteiger partial charge in [0.1, 0.15) is 18.3 Å². The third-order valence-electron chi connectivity index (χ3n) is 5.07. The molecule has 2 fully saturated rings. The van der Waals surface area contributed by atoms with E-state index in [0.717, 1.165) is 17.2 Å². The van der Waals surface area contributed by atoms with E-state index in [1.807, 2.05) is 23.2 Å². The van der Waals surface area contributed by atoms with E-state index in [0.29, 0.717) is 32.2 Å². The smallest absolute Gasteiger partial charge is 0.410 e. The largest absolute Gasteiger partial charge is 0.448 e. The molecule has 4 rings (SSSR count). The van der Waals surface area contributed by atoms with Gasteiger partial charge in [-0.1, -0.05) is 19.3 Å². The van der Waals surface area contributed by atoms with Crippen LogP contribution in [0.5, 0.6) is 0 Å². The zero-order valence-corrected chi connectivity index (χ0v) is 14.3. The molecule has 2 aromatic rings. The summed E-state index contributed by atoms with van der Waals surface area (Å²) in [6.07, 6.45) is 13.5. The normalized spacial score (nSPS) is 18.6. The number of rotatable bonds is 5. The second kappa shape index (κ2) is 7.21. The summed E-state index contributed by atoms with van der Waals surface area (Å²) in [5, 5.41) is 0. The van der Waals surface area contributed by atoms with Gasteiger partial charge in [0.05, 0.1) is 12.1 Å². The molecule has 3 heterocycles. The summed E-state index contributed by atoms with van der Waals surface area (Å²) in [5.41, 5.74) is 0.911. The van der Waals surface area contributed by atoms with Crippen LogP contribution in [0.2, 0.25) is 0 Å². The van der Waals surface area contributed by atoms with Crippen molar-refractivity contribution < 1.29 is 9.53 Å². The highest BCUT2D eigenvalue weighted by molar-refractivity contribution is 5.69. The number of ether oxygens (including phenoxy) is 1. The molecule has 1 aliphatic heterocycles. The Labute approximate surface area is 147 Å². The van der Waals surface area contributed by atoms with E-state index in [1.54, 1.807) is 11.1 Å². The Morgan fingerprint density at radius 3 is 2.60 bits per heavy atom. The third-order valence-corrected chi connectivity index (χ3v) is 5.07. The molecule has 1 saturated carbocycles. The summed E-state index contributed by atoms with van der Waals surface area (Å²) in [6.45, 7) is 2.42. The summed E-state index contributed by atoms with van der Waals surface area (Å²) in [7, 11) is 0. The number of cyclic esters (lactones) is 1. The predicted octanol–water partition coefficient (Wildman–Crippen LogP) is 2.84. The van der Waals surface area contributed by atoms with Gasteiger partial charge in [-0.25, -0.2) is 19.7 Å². The molecule has 0 atom stereocenters. The zero-order chi connectivity index (χ0) is 17.1. The van der Waals surface area contributed by atoms with Gasteiger partial charge in [-0.3, -0.25) is 0 Å². The topological polar surface area (TPSA) is 73.1 Å². The van der Waals surface area contributed by atoms with Crippen LogP contribution in [0.4, 0.5) is 4.79 Å². The van der Waals surface area contributed by atoms with Crippen molar-refractivity contribution in [2.75, 3.05) is 19.7 Å². The van der Waals surface area contributed by atoms with Crippen LogP contribution in [0.3, 0.4) is 0 Å². The van der Waals surface area contributed by atoms with Gasteiger partial charge in [-0.05, 0) is 12.8 Å². The van der Waals surface area contributed by atoms with Gasteiger partial charge < -0.3 is 14.2 Å². The highest BCUT2D eigenvalue weighted by Gasteiger charge is 2.22. The predicted molar refractivity (Wildman–Crippen MR) is 92.0 cm³/mol. The van der Waals surface area contributed by atoms with E-state index >= 15 is 0 Å². The van der Waals surface area contributed by atoms with Gasteiger partial charge >= 0.3 is 6.09 Å². The van der Waals surface area contributed by atoms with Crippen molar-refractivity contribution in [1.29, 1.82) is 0 Å². The molecule has 0 spiro atoms. The molecule has 1 amide bonds. The summed E-state index contributed by atoms with van der Waals surface area (Å²) in [6, 6.07) is 0. The van der Waals surface area contributed by atoms with Crippen molar-refractivity contribution in [2.45, 2.75) is 44.6 Å². The van der Waals surface area contributed by atoms with E-state index < -0.39 is 0 Å². The molecule has 0 unspecified atom stereocenters. The Bertz CT molecular complexity index is 721. The SMILES string of the molecule is O=C1OCCN1CCn1ccnc1-c1cnc(C2CCCCC2)nc1. The number of imidazole rings is 1. The molecule has 0 N–H and O–H groups in total. The first-order valence-corrected chi connectivity index (χ1v) is 9.06. The van der Waals surface area contributed by atoms with Gasteiger partial charge in [-0.15, -0.1) is 0 Å². The van der Waals surface area contributed by atoms with Crippen LogP contribution in [0.1, 0.15) is 43.8 Å². The van der Waals surface area contributed by atoms with Crippen LogP contribution >= 0.6 is 0 Å². The third kappa shape index (κ3) is 3.50. The van der Waals surface area contributed by atoms with Gasteiger partial charge in [-0.2, -0.15) is 0 Å². The van der Waals surface area contributed by atoms with Crippen molar-refractivity contribution in [3.8, 4) is 11.4 Å². The fraction of sp³-hybridized carbons (Fsp3) is 0.556. The molecular weight excluding hydrogens is 318 g/mol. The molecule has 0 radical (unpaired) electrons. The summed E-state index contributed by atoms with van der Waals surface area (Å²) >= 11 is 0. The second-order valence-electron chi connectivity index (χ2n) is 6.71. The number of amides is 1. The van der Waals surface area contributed by atoms with Crippen LogP contribution in [0, 0.1) is 0 Å². The van der Waals surface area contributed by atoms with Crippen LogP contribution in [-0.4, -0.2) is 50.2 Å². The molecule has 25 heavy (non-hydrogen) atoms. The Morgan fingerprint density at radius 2 is 1.88 bits per heavy atom. The number of hydrogen-bond donors (Lipinski definition) is 0. The molecule has 132 valence electrons. The van der Waals surface area contributed by atoms with Crippen molar-refractivity contribution >= 4 is 6.09 Å². The van der Waals surface area contributed by atoms with Crippen LogP contribution in [-0.2, 0) is 11.3 Å². The number of carbonyl (C=O) groups excluding carboxylic acids is 1. The van der Waals surface area contributed by atoms with Crippen molar-refractivity contribution in [1.82, 2.24) is 24.4 Å². The fourth-order valence-electron chi connectivity index (χ4n) is 3.63. The quantitative estimate of drug-likeness (QED) is 0.836. The summed E-state index contributed by atoms with van der Waals surface area (Å²) < 4.78 is 7.00. The molecular formula is C18H23N5O2. The average molecular weight is 341 g/mol. The lowest BCUT2D eigenvalue weighted by Gasteiger charge is -2.20. The van der Waals surface area contributed by atoms with E-state index in [-0.39, 0.29) is 6.09 Å². The van der Waals surface area contributed by atoms with Crippen molar-refractivity contribution in [2.24, 2.45) is 0 Å².